The first-order valence-electron chi connectivity index (χ1n) is 6.58. The SMILES string of the molecule is CCCCN(CC(N)=O)Cc1cc(C)c(C(=O)NN)o1. The Labute approximate surface area is 118 Å². The summed E-state index contributed by atoms with van der Waals surface area (Å²) in [6, 6.07) is 1.77. The highest BCUT2D eigenvalue weighted by atomic mass is 16.4. The number of furan rings is 1. The summed E-state index contributed by atoms with van der Waals surface area (Å²) in [5.74, 6) is 5.03. The van der Waals surface area contributed by atoms with Gasteiger partial charge in [0.25, 0.3) is 0 Å². The van der Waals surface area contributed by atoms with Crippen LogP contribution in [0.15, 0.2) is 10.5 Å². The predicted molar refractivity (Wildman–Crippen MR) is 74.5 cm³/mol. The number of nitrogen functional groups attached to an aromatic ring is 1. The molecule has 0 aromatic carbocycles. The van der Waals surface area contributed by atoms with Gasteiger partial charge in [0.1, 0.15) is 5.76 Å². The highest BCUT2D eigenvalue weighted by molar-refractivity contribution is 5.92. The molecule has 0 spiro atoms. The van der Waals surface area contributed by atoms with Crippen molar-refractivity contribution in [2.75, 3.05) is 13.1 Å². The van der Waals surface area contributed by atoms with Crippen LogP contribution >= 0.6 is 0 Å². The van der Waals surface area contributed by atoms with Gasteiger partial charge in [-0.2, -0.15) is 0 Å². The zero-order chi connectivity index (χ0) is 15.1. The number of aryl methyl sites for hydroxylation is 1. The lowest BCUT2D eigenvalue weighted by atomic mass is 10.2. The monoisotopic (exact) mass is 282 g/mol. The number of hydrogen-bond donors (Lipinski definition) is 3. The van der Waals surface area contributed by atoms with Crippen LogP contribution in [-0.4, -0.2) is 29.8 Å². The Kier molecular flexibility index (Phi) is 6.20. The van der Waals surface area contributed by atoms with Crippen molar-refractivity contribution in [2.24, 2.45) is 11.6 Å². The van der Waals surface area contributed by atoms with Crippen molar-refractivity contribution in [2.45, 2.75) is 33.2 Å². The quantitative estimate of drug-likeness (QED) is 0.360. The Morgan fingerprint density at radius 2 is 2.15 bits per heavy atom. The largest absolute Gasteiger partial charge is 0.454 e. The fourth-order valence-electron chi connectivity index (χ4n) is 1.95. The first-order chi connectivity index (χ1) is 9.47. The van der Waals surface area contributed by atoms with E-state index >= 15 is 0 Å². The smallest absolute Gasteiger partial charge is 0.301 e. The highest BCUT2D eigenvalue weighted by Gasteiger charge is 2.17. The van der Waals surface area contributed by atoms with Crippen LogP contribution in [0.4, 0.5) is 0 Å². The number of hydrazine groups is 1. The summed E-state index contributed by atoms with van der Waals surface area (Å²) in [6.45, 7) is 5.18. The van der Waals surface area contributed by atoms with E-state index < -0.39 is 5.91 Å². The average molecular weight is 282 g/mol. The first kappa shape index (κ1) is 16.2. The Morgan fingerprint density at radius 3 is 2.70 bits per heavy atom. The molecule has 112 valence electrons. The van der Waals surface area contributed by atoms with Gasteiger partial charge in [-0.15, -0.1) is 0 Å². The number of nitrogens with two attached hydrogens (primary N) is 2. The molecule has 1 aromatic heterocycles. The standard InChI is InChI=1S/C13H22N4O3/c1-3-4-5-17(8-11(14)18)7-10-6-9(2)12(20-10)13(19)16-15/h6H,3-5,7-8,15H2,1-2H3,(H2,14,18)(H,16,19). The number of rotatable bonds is 8. The molecule has 0 fully saturated rings. The van der Waals surface area contributed by atoms with Crippen molar-refractivity contribution in [3.63, 3.8) is 0 Å². The highest BCUT2D eigenvalue weighted by Crippen LogP contribution is 2.16. The normalized spacial score (nSPS) is 10.8. The van der Waals surface area contributed by atoms with Crippen molar-refractivity contribution in [3.05, 3.63) is 23.2 Å². The number of amides is 2. The van der Waals surface area contributed by atoms with E-state index in [1.165, 1.54) is 0 Å². The van der Waals surface area contributed by atoms with Crippen LogP contribution in [0.1, 0.15) is 41.6 Å². The third-order valence-corrected chi connectivity index (χ3v) is 2.89. The number of nitrogens with one attached hydrogen (secondary N) is 1. The fourth-order valence-corrected chi connectivity index (χ4v) is 1.95. The Hall–Kier alpha value is -1.86. The average Bonchev–Trinajstić information content (AvgIpc) is 2.75. The molecule has 5 N–H and O–H groups in total. The summed E-state index contributed by atoms with van der Waals surface area (Å²) in [5, 5.41) is 0. The topological polar surface area (TPSA) is 115 Å². The number of unbranched alkanes of at least 4 members (excludes halogenated alkanes) is 1. The van der Waals surface area contributed by atoms with Gasteiger partial charge in [0.2, 0.25) is 5.91 Å². The van der Waals surface area contributed by atoms with Crippen molar-refractivity contribution in [3.8, 4) is 0 Å². The van der Waals surface area contributed by atoms with Crippen LogP contribution in [0.5, 0.6) is 0 Å². The van der Waals surface area contributed by atoms with Gasteiger partial charge < -0.3 is 10.2 Å². The minimum absolute atomic E-state index is 0.165. The molecule has 0 aliphatic carbocycles. The van der Waals surface area contributed by atoms with Crippen molar-refractivity contribution in [1.82, 2.24) is 10.3 Å². The van der Waals surface area contributed by atoms with E-state index in [9.17, 15) is 9.59 Å². The third kappa shape index (κ3) is 4.67. The molecule has 0 bridgehead atoms. The van der Waals surface area contributed by atoms with Gasteiger partial charge in [0, 0.05) is 5.56 Å². The van der Waals surface area contributed by atoms with Gasteiger partial charge in [0.15, 0.2) is 5.76 Å². The summed E-state index contributed by atoms with van der Waals surface area (Å²) >= 11 is 0. The molecule has 0 atom stereocenters. The van der Waals surface area contributed by atoms with Crippen LogP contribution in [0.2, 0.25) is 0 Å². The molecule has 0 unspecified atom stereocenters. The maximum Gasteiger partial charge on any atom is 0.301 e. The number of carbonyl (C=O) groups is 2. The van der Waals surface area contributed by atoms with E-state index in [-0.39, 0.29) is 18.2 Å². The molecular weight excluding hydrogens is 260 g/mol. The molecule has 1 heterocycles. The van der Waals surface area contributed by atoms with Crippen LogP contribution in [0.3, 0.4) is 0 Å². The van der Waals surface area contributed by atoms with E-state index in [0.29, 0.717) is 17.9 Å². The number of hydrogen-bond acceptors (Lipinski definition) is 5. The Balaban J connectivity index is 2.77. The maximum atomic E-state index is 11.5. The summed E-state index contributed by atoms with van der Waals surface area (Å²) < 4.78 is 5.47. The van der Waals surface area contributed by atoms with Crippen molar-refractivity contribution >= 4 is 11.8 Å². The minimum atomic E-state index is -0.469. The molecule has 0 saturated carbocycles. The maximum absolute atomic E-state index is 11.5. The molecule has 20 heavy (non-hydrogen) atoms. The Bertz CT molecular complexity index is 470. The second-order valence-electron chi connectivity index (χ2n) is 4.73. The predicted octanol–water partition coefficient (Wildman–Crippen LogP) is 0.279. The van der Waals surface area contributed by atoms with E-state index in [1.54, 1.807) is 13.0 Å². The zero-order valence-corrected chi connectivity index (χ0v) is 11.9. The molecular formula is C13H22N4O3. The summed E-state index contributed by atoms with van der Waals surface area (Å²) in [4.78, 5) is 24.4. The van der Waals surface area contributed by atoms with Gasteiger partial charge in [-0.3, -0.25) is 19.9 Å². The van der Waals surface area contributed by atoms with E-state index in [4.69, 9.17) is 16.0 Å². The lowest BCUT2D eigenvalue weighted by Gasteiger charge is -2.18. The molecule has 7 nitrogen and oxygen atoms in total. The van der Waals surface area contributed by atoms with Gasteiger partial charge in [-0.1, -0.05) is 13.3 Å². The van der Waals surface area contributed by atoms with Gasteiger partial charge in [0.05, 0.1) is 13.1 Å². The Morgan fingerprint density at radius 1 is 1.45 bits per heavy atom. The first-order valence-corrected chi connectivity index (χ1v) is 6.58. The number of primary amides is 1. The molecule has 7 heteroatoms. The molecule has 0 aliphatic rings. The second-order valence-corrected chi connectivity index (χ2v) is 4.73. The number of carbonyl (C=O) groups excluding carboxylic acids is 2. The van der Waals surface area contributed by atoms with Crippen LogP contribution < -0.4 is 17.0 Å². The molecule has 0 radical (unpaired) electrons. The molecule has 0 aliphatic heterocycles. The number of nitrogens with zero attached hydrogens (tertiary/aromatic N) is 1. The van der Waals surface area contributed by atoms with Gasteiger partial charge in [-0.05, 0) is 26.0 Å². The van der Waals surface area contributed by atoms with E-state index in [0.717, 1.165) is 19.4 Å². The van der Waals surface area contributed by atoms with E-state index in [2.05, 4.69) is 6.92 Å². The van der Waals surface area contributed by atoms with Crippen molar-refractivity contribution < 1.29 is 14.0 Å². The van der Waals surface area contributed by atoms with Gasteiger partial charge in [-0.25, -0.2) is 5.84 Å². The van der Waals surface area contributed by atoms with Crippen molar-refractivity contribution in [1.29, 1.82) is 0 Å². The molecule has 1 aromatic rings. The zero-order valence-electron chi connectivity index (χ0n) is 11.9. The van der Waals surface area contributed by atoms with E-state index in [1.807, 2.05) is 10.3 Å². The van der Waals surface area contributed by atoms with Crippen LogP contribution in [0.25, 0.3) is 0 Å². The lowest BCUT2D eigenvalue weighted by molar-refractivity contribution is -0.119. The lowest BCUT2D eigenvalue weighted by Crippen LogP contribution is -2.34. The fraction of sp³-hybridized carbons (Fsp3) is 0.538. The second kappa shape index (κ2) is 7.66. The van der Waals surface area contributed by atoms with Crippen LogP contribution in [0, 0.1) is 6.92 Å². The molecule has 2 amide bonds. The molecule has 1 rings (SSSR count). The minimum Gasteiger partial charge on any atom is -0.454 e. The van der Waals surface area contributed by atoms with Crippen LogP contribution in [-0.2, 0) is 11.3 Å². The third-order valence-electron chi connectivity index (χ3n) is 2.89. The summed E-state index contributed by atoms with van der Waals surface area (Å²) in [7, 11) is 0. The molecule has 0 saturated heterocycles. The summed E-state index contributed by atoms with van der Waals surface area (Å²) in [5.41, 5.74) is 7.97. The van der Waals surface area contributed by atoms with Gasteiger partial charge >= 0.3 is 5.91 Å². The summed E-state index contributed by atoms with van der Waals surface area (Å²) in [6.07, 6.45) is 1.98.